The maximum atomic E-state index is 12.5. The summed E-state index contributed by atoms with van der Waals surface area (Å²) < 4.78 is 32.9. The Morgan fingerprint density at radius 2 is 2.21 bits per heavy atom. The summed E-state index contributed by atoms with van der Waals surface area (Å²) in [6, 6.07) is 8.52. The van der Waals surface area contributed by atoms with Gasteiger partial charge < -0.3 is 15.0 Å². The van der Waals surface area contributed by atoms with Gasteiger partial charge in [-0.3, -0.25) is 4.68 Å². The second-order valence-electron chi connectivity index (χ2n) is 6.75. The zero-order chi connectivity index (χ0) is 20.0. The van der Waals surface area contributed by atoms with Crippen molar-refractivity contribution < 1.29 is 17.9 Å². The van der Waals surface area contributed by atoms with Gasteiger partial charge in [-0.1, -0.05) is 6.07 Å². The maximum Gasteiger partial charge on any atom is 0.321 e. The summed E-state index contributed by atoms with van der Waals surface area (Å²) in [6.45, 7) is 2.03. The van der Waals surface area contributed by atoms with E-state index >= 15 is 0 Å². The van der Waals surface area contributed by atoms with Gasteiger partial charge in [-0.25, -0.2) is 17.9 Å². The summed E-state index contributed by atoms with van der Waals surface area (Å²) in [4.78, 5) is 14.2. The van der Waals surface area contributed by atoms with Crippen LogP contribution in [0.25, 0.3) is 0 Å². The largest absolute Gasteiger partial charge is 0.492 e. The number of benzene rings is 1. The van der Waals surface area contributed by atoms with Gasteiger partial charge in [0.15, 0.2) is 0 Å². The van der Waals surface area contributed by atoms with Gasteiger partial charge in [-0.15, -0.1) is 0 Å². The summed E-state index contributed by atoms with van der Waals surface area (Å²) in [5, 5.41) is 6.97. The lowest BCUT2D eigenvalue weighted by atomic mass is 10.1. The fraction of sp³-hybridized carbons (Fsp3) is 0.444. The molecule has 1 atom stereocenters. The van der Waals surface area contributed by atoms with Crippen LogP contribution in [0.2, 0.25) is 0 Å². The molecule has 1 aromatic heterocycles. The van der Waals surface area contributed by atoms with Gasteiger partial charge in [-0.05, 0) is 31.0 Å². The molecule has 0 saturated carbocycles. The van der Waals surface area contributed by atoms with E-state index in [0.717, 1.165) is 19.1 Å². The first-order valence-electron chi connectivity index (χ1n) is 9.12. The molecule has 1 saturated heterocycles. The van der Waals surface area contributed by atoms with E-state index in [1.54, 1.807) is 27.9 Å². The smallest absolute Gasteiger partial charge is 0.321 e. The van der Waals surface area contributed by atoms with Gasteiger partial charge >= 0.3 is 6.03 Å². The molecule has 10 heteroatoms. The first kappa shape index (κ1) is 20.2. The van der Waals surface area contributed by atoms with Crippen LogP contribution in [-0.4, -0.2) is 61.1 Å². The third kappa shape index (κ3) is 6.24. The van der Waals surface area contributed by atoms with Crippen LogP contribution in [0.15, 0.2) is 42.7 Å². The molecule has 1 aliphatic heterocycles. The number of urea groups is 1. The van der Waals surface area contributed by atoms with Gasteiger partial charge in [0.1, 0.15) is 12.4 Å². The van der Waals surface area contributed by atoms with Crippen molar-refractivity contribution >= 4 is 21.7 Å². The van der Waals surface area contributed by atoms with Crippen LogP contribution in [0.3, 0.4) is 0 Å². The zero-order valence-electron chi connectivity index (χ0n) is 15.7. The van der Waals surface area contributed by atoms with Crippen molar-refractivity contribution in [2.24, 2.45) is 0 Å². The molecule has 0 spiro atoms. The number of likely N-dealkylation sites (tertiary alicyclic amines) is 1. The molecule has 1 fully saturated rings. The number of ether oxygens (including phenoxy) is 1. The Balaban J connectivity index is 1.52. The van der Waals surface area contributed by atoms with E-state index in [9.17, 15) is 13.2 Å². The highest BCUT2D eigenvalue weighted by Gasteiger charge is 2.25. The number of nitrogens with zero attached hydrogens (tertiary/aromatic N) is 3. The minimum absolute atomic E-state index is 0.256. The number of carbonyl (C=O) groups is 1. The van der Waals surface area contributed by atoms with Gasteiger partial charge in [0.05, 0.1) is 12.8 Å². The van der Waals surface area contributed by atoms with Crippen molar-refractivity contribution in [1.82, 2.24) is 19.4 Å². The lowest BCUT2D eigenvalue weighted by Gasteiger charge is -2.32. The second-order valence-corrected chi connectivity index (χ2v) is 8.53. The van der Waals surface area contributed by atoms with Crippen molar-refractivity contribution in [3.63, 3.8) is 0 Å². The standard InChI is InChI=1S/C18H25N5O4S/c1-28(25,26)21-16-6-3-9-22(14-16)18(24)20-15-5-2-7-17(13-15)27-12-11-23-10-4-8-19-23/h2,4-5,7-8,10,13,16,21H,3,6,9,11-12,14H2,1H3,(H,20,24)/t16-/m1/s1. The summed E-state index contributed by atoms with van der Waals surface area (Å²) in [5.41, 5.74) is 0.625. The highest BCUT2D eigenvalue weighted by Crippen LogP contribution is 2.19. The Labute approximate surface area is 164 Å². The molecular weight excluding hydrogens is 382 g/mol. The quantitative estimate of drug-likeness (QED) is 0.724. The van der Waals surface area contributed by atoms with E-state index in [4.69, 9.17) is 4.74 Å². The van der Waals surface area contributed by atoms with Crippen LogP contribution < -0.4 is 14.8 Å². The number of nitrogens with one attached hydrogen (secondary N) is 2. The van der Waals surface area contributed by atoms with E-state index in [-0.39, 0.29) is 12.1 Å². The summed E-state index contributed by atoms with van der Waals surface area (Å²) in [6.07, 6.45) is 6.18. The lowest BCUT2D eigenvalue weighted by Crippen LogP contribution is -2.50. The van der Waals surface area contributed by atoms with Gasteiger partial charge in [0.25, 0.3) is 0 Å². The molecule has 28 heavy (non-hydrogen) atoms. The highest BCUT2D eigenvalue weighted by atomic mass is 32.2. The van der Waals surface area contributed by atoms with E-state index in [1.165, 1.54) is 0 Å². The topological polar surface area (TPSA) is 106 Å². The van der Waals surface area contributed by atoms with Crippen molar-refractivity contribution in [3.05, 3.63) is 42.7 Å². The maximum absolute atomic E-state index is 12.5. The fourth-order valence-electron chi connectivity index (χ4n) is 3.12. The highest BCUT2D eigenvalue weighted by molar-refractivity contribution is 7.88. The van der Waals surface area contributed by atoms with Crippen LogP contribution in [-0.2, 0) is 16.6 Å². The molecule has 0 unspecified atom stereocenters. The summed E-state index contributed by atoms with van der Waals surface area (Å²) in [5.74, 6) is 0.653. The molecule has 1 aromatic carbocycles. The Hall–Kier alpha value is -2.59. The van der Waals surface area contributed by atoms with E-state index in [1.807, 2.05) is 24.4 Å². The average Bonchev–Trinajstić information content (AvgIpc) is 3.14. The summed E-state index contributed by atoms with van der Waals surface area (Å²) >= 11 is 0. The molecule has 2 heterocycles. The SMILES string of the molecule is CS(=O)(=O)N[C@@H]1CCCN(C(=O)Nc2cccc(OCCn3cccn3)c2)C1. The summed E-state index contributed by atoms with van der Waals surface area (Å²) in [7, 11) is -3.29. The van der Waals surface area contributed by atoms with Crippen LogP contribution in [0.1, 0.15) is 12.8 Å². The number of piperidine rings is 1. The molecule has 2 N–H and O–H groups in total. The molecular formula is C18H25N5O4S. The predicted molar refractivity (Wildman–Crippen MR) is 106 cm³/mol. The van der Waals surface area contributed by atoms with Crippen molar-refractivity contribution in [2.45, 2.75) is 25.4 Å². The van der Waals surface area contributed by atoms with Gasteiger partial charge in [-0.2, -0.15) is 5.10 Å². The second kappa shape index (κ2) is 9.07. The molecule has 0 radical (unpaired) electrons. The van der Waals surface area contributed by atoms with E-state index in [2.05, 4.69) is 15.1 Å². The molecule has 3 rings (SSSR count). The number of anilines is 1. The third-order valence-corrected chi connectivity index (χ3v) is 5.08. The number of aromatic nitrogens is 2. The molecule has 2 amide bonds. The predicted octanol–water partition coefficient (Wildman–Crippen LogP) is 1.51. The first-order chi connectivity index (χ1) is 13.4. The van der Waals surface area contributed by atoms with E-state index < -0.39 is 10.0 Å². The van der Waals surface area contributed by atoms with Crippen LogP contribution in [0.4, 0.5) is 10.5 Å². The van der Waals surface area contributed by atoms with E-state index in [0.29, 0.717) is 37.7 Å². The zero-order valence-corrected chi connectivity index (χ0v) is 16.6. The fourth-order valence-corrected chi connectivity index (χ4v) is 3.91. The van der Waals surface area contributed by atoms with Crippen LogP contribution >= 0.6 is 0 Å². The van der Waals surface area contributed by atoms with Gasteiger partial charge in [0.2, 0.25) is 10.0 Å². The minimum Gasteiger partial charge on any atom is -0.492 e. The number of rotatable bonds is 7. The van der Waals surface area contributed by atoms with Gasteiger partial charge in [0, 0.05) is 43.3 Å². The number of carbonyl (C=O) groups excluding carboxylic acids is 1. The van der Waals surface area contributed by atoms with Crippen molar-refractivity contribution in [1.29, 1.82) is 0 Å². The normalized spacial score (nSPS) is 17.3. The Bertz CT molecular complexity index is 885. The third-order valence-electron chi connectivity index (χ3n) is 4.32. The molecule has 0 bridgehead atoms. The molecule has 2 aromatic rings. The molecule has 1 aliphatic rings. The lowest BCUT2D eigenvalue weighted by molar-refractivity contribution is 0.190. The van der Waals surface area contributed by atoms with Crippen LogP contribution in [0, 0.1) is 0 Å². The molecule has 9 nitrogen and oxygen atoms in total. The average molecular weight is 407 g/mol. The number of hydrogen-bond donors (Lipinski definition) is 2. The number of hydrogen-bond acceptors (Lipinski definition) is 5. The number of amides is 2. The number of sulfonamides is 1. The first-order valence-corrected chi connectivity index (χ1v) is 11.0. The Kier molecular flexibility index (Phi) is 6.53. The Morgan fingerprint density at radius 3 is 2.96 bits per heavy atom. The Morgan fingerprint density at radius 1 is 1.36 bits per heavy atom. The van der Waals surface area contributed by atoms with Crippen molar-refractivity contribution in [2.75, 3.05) is 31.3 Å². The van der Waals surface area contributed by atoms with Crippen LogP contribution in [0.5, 0.6) is 5.75 Å². The van der Waals surface area contributed by atoms with Crippen molar-refractivity contribution in [3.8, 4) is 5.75 Å². The molecule has 152 valence electrons. The monoisotopic (exact) mass is 407 g/mol. The molecule has 0 aliphatic carbocycles. The minimum atomic E-state index is -3.29.